The van der Waals surface area contributed by atoms with Gasteiger partial charge in [-0.3, -0.25) is 14.4 Å². The molecule has 0 heterocycles. The van der Waals surface area contributed by atoms with Gasteiger partial charge in [0.05, 0.1) is 19.6 Å². The molecular weight excluding hydrogens is 288 g/mol. The van der Waals surface area contributed by atoms with E-state index in [4.69, 9.17) is 26.8 Å². The van der Waals surface area contributed by atoms with Crippen LogP contribution >= 0.6 is 0 Å². The lowest BCUT2D eigenvalue weighted by atomic mass is 10.1. The van der Waals surface area contributed by atoms with Crippen LogP contribution in [-0.2, 0) is 19.2 Å². The van der Waals surface area contributed by atoms with Gasteiger partial charge in [0, 0.05) is 0 Å². The molecule has 11 nitrogen and oxygen atoms in total. The maximum absolute atomic E-state index is 11.8. The highest BCUT2D eigenvalue weighted by Crippen LogP contribution is 1.95. The number of nitrogens with one attached hydrogen (secondary N) is 2. The fourth-order valence-electron chi connectivity index (χ4n) is 1.23. The first-order valence-electron chi connectivity index (χ1n) is 5.82. The Morgan fingerprint density at radius 3 is 1.86 bits per heavy atom. The number of nitrogens with two attached hydrogens (primary N) is 2. The normalized spacial score (nSPS) is 14.6. The van der Waals surface area contributed by atoms with Gasteiger partial charge in [-0.15, -0.1) is 0 Å². The van der Waals surface area contributed by atoms with Crippen LogP contribution in [0.5, 0.6) is 0 Å². The number of hydrogen-bond acceptors (Lipinski definition) is 7. The number of primary amides is 1. The Hall–Kier alpha value is -2.24. The summed E-state index contributed by atoms with van der Waals surface area (Å²) in [6.07, 6.45) is -0.604. The number of carbonyl (C=O) groups excluding carboxylic acids is 3. The third-order valence-electron chi connectivity index (χ3n) is 2.37. The Kier molecular flexibility index (Phi) is 7.89. The van der Waals surface area contributed by atoms with Gasteiger partial charge in [0.1, 0.15) is 18.1 Å². The van der Waals surface area contributed by atoms with E-state index in [9.17, 15) is 19.2 Å². The molecule has 0 aliphatic heterocycles. The Bertz CT molecular complexity index is 414. The number of aliphatic carboxylic acids is 1. The van der Waals surface area contributed by atoms with Crippen molar-refractivity contribution in [1.82, 2.24) is 10.6 Å². The molecule has 0 saturated carbocycles. The number of amides is 3. The molecule has 0 aromatic rings. The second-order valence-corrected chi connectivity index (χ2v) is 4.10. The van der Waals surface area contributed by atoms with Gasteiger partial charge in [-0.25, -0.2) is 4.79 Å². The van der Waals surface area contributed by atoms with Crippen LogP contribution in [0, 0.1) is 0 Å². The lowest BCUT2D eigenvalue weighted by molar-refractivity contribution is -0.143. The van der Waals surface area contributed by atoms with Crippen molar-refractivity contribution in [3.05, 3.63) is 0 Å². The molecule has 0 aromatic carbocycles. The number of carboxylic acids is 1. The maximum Gasteiger partial charge on any atom is 0.328 e. The van der Waals surface area contributed by atoms with Crippen LogP contribution in [0.25, 0.3) is 0 Å². The molecule has 0 spiro atoms. The van der Waals surface area contributed by atoms with Crippen molar-refractivity contribution in [2.75, 3.05) is 13.2 Å². The Balaban J connectivity index is 4.88. The van der Waals surface area contributed by atoms with Gasteiger partial charge in [0.25, 0.3) is 0 Å². The van der Waals surface area contributed by atoms with Gasteiger partial charge in [-0.05, 0) is 0 Å². The van der Waals surface area contributed by atoms with Gasteiger partial charge in [0.2, 0.25) is 17.7 Å². The number of aliphatic hydroxyl groups excluding tert-OH is 2. The summed E-state index contributed by atoms with van der Waals surface area (Å²) in [5.74, 6) is -4.38. The average Bonchev–Trinajstić information content (AvgIpc) is 2.41. The molecule has 0 fully saturated rings. The summed E-state index contributed by atoms with van der Waals surface area (Å²) < 4.78 is 0. The first-order chi connectivity index (χ1) is 9.72. The van der Waals surface area contributed by atoms with Crippen LogP contribution in [0.4, 0.5) is 0 Å². The van der Waals surface area contributed by atoms with E-state index in [2.05, 4.69) is 5.32 Å². The van der Waals surface area contributed by atoms with Crippen molar-refractivity contribution in [2.45, 2.75) is 24.5 Å². The predicted molar refractivity (Wildman–Crippen MR) is 67.5 cm³/mol. The van der Waals surface area contributed by atoms with Crippen LogP contribution in [0.15, 0.2) is 0 Å². The zero-order valence-corrected chi connectivity index (χ0v) is 11.0. The number of carboxylic acid groups (broad SMARTS) is 1. The largest absolute Gasteiger partial charge is 0.480 e. The molecule has 0 bridgehead atoms. The van der Waals surface area contributed by atoms with E-state index in [0.29, 0.717) is 0 Å². The highest BCUT2D eigenvalue weighted by molar-refractivity contribution is 5.94. The van der Waals surface area contributed by atoms with Crippen molar-refractivity contribution in [2.24, 2.45) is 11.5 Å². The average molecular weight is 306 g/mol. The molecule has 0 aromatic heterocycles. The van der Waals surface area contributed by atoms with Gasteiger partial charge in [-0.2, -0.15) is 0 Å². The van der Waals surface area contributed by atoms with Gasteiger partial charge < -0.3 is 37.4 Å². The first kappa shape index (κ1) is 18.8. The second kappa shape index (κ2) is 8.84. The molecule has 3 atom stereocenters. The SMILES string of the molecule is NC(=O)CC(NC(=O)C(N)CO)C(=O)NC(CO)C(=O)O. The number of hydrogen-bond donors (Lipinski definition) is 7. The standard InChI is InChI=1S/C10H18N4O7/c11-4(2-15)8(18)13-5(1-7(12)17)9(19)14-6(3-16)10(20)21/h4-6,15-16H,1-3,11H2,(H2,12,17)(H,13,18)(H,14,19)(H,20,21). The zero-order chi connectivity index (χ0) is 16.6. The smallest absolute Gasteiger partial charge is 0.328 e. The summed E-state index contributed by atoms with van der Waals surface area (Å²) in [7, 11) is 0. The Labute approximate surface area is 119 Å². The highest BCUT2D eigenvalue weighted by atomic mass is 16.4. The molecule has 11 heteroatoms. The molecule has 0 aliphatic rings. The van der Waals surface area contributed by atoms with Crippen LogP contribution < -0.4 is 22.1 Å². The summed E-state index contributed by atoms with van der Waals surface area (Å²) in [6.45, 7) is -1.57. The maximum atomic E-state index is 11.8. The van der Waals surface area contributed by atoms with Crippen LogP contribution in [0.1, 0.15) is 6.42 Å². The summed E-state index contributed by atoms with van der Waals surface area (Å²) in [5, 5.41) is 30.2. The van der Waals surface area contributed by atoms with E-state index in [1.54, 1.807) is 0 Å². The number of aliphatic hydroxyl groups is 2. The van der Waals surface area contributed by atoms with Crippen LogP contribution in [0.3, 0.4) is 0 Å². The lowest BCUT2D eigenvalue weighted by Crippen LogP contribution is -2.56. The van der Waals surface area contributed by atoms with Crippen molar-refractivity contribution >= 4 is 23.7 Å². The Morgan fingerprint density at radius 2 is 1.48 bits per heavy atom. The van der Waals surface area contributed by atoms with Gasteiger partial charge >= 0.3 is 5.97 Å². The predicted octanol–water partition coefficient (Wildman–Crippen LogP) is -4.77. The van der Waals surface area contributed by atoms with Crippen molar-refractivity contribution in [3.63, 3.8) is 0 Å². The number of rotatable bonds is 9. The topological polar surface area (TPSA) is 205 Å². The minimum absolute atomic E-state index is 0.604. The quantitative estimate of drug-likeness (QED) is 0.219. The van der Waals surface area contributed by atoms with Crippen LogP contribution in [-0.4, -0.2) is 70.3 Å². The highest BCUT2D eigenvalue weighted by Gasteiger charge is 2.28. The van der Waals surface area contributed by atoms with E-state index in [1.807, 2.05) is 5.32 Å². The summed E-state index contributed by atoms with van der Waals surface area (Å²) in [4.78, 5) is 44.8. The number of carbonyl (C=O) groups is 4. The molecule has 0 aliphatic carbocycles. The molecule has 3 amide bonds. The monoisotopic (exact) mass is 306 g/mol. The summed E-state index contributed by atoms with van der Waals surface area (Å²) in [6, 6.07) is -4.39. The molecule has 0 saturated heterocycles. The zero-order valence-electron chi connectivity index (χ0n) is 11.0. The van der Waals surface area contributed by atoms with E-state index >= 15 is 0 Å². The molecule has 0 radical (unpaired) electrons. The molecular formula is C10H18N4O7. The van der Waals surface area contributed by atoms with Crippen molar-refractivity contribution < 1.29 is 34.5 Å². The summed E-state index contributed by atoms with van der Waals surface area (Å²) in [5.41, 5.74) is 10.1. The van der Waals surface area contributed by atoms with E-state index in [-0.39, 0.29) is 0 Å². The fourth-order valence-corrected chi connectivity index (χ4v) is 1.23. The fraction of sp³-hybridized carbons (Fsp3) is 0.600. The molecule has 21 heavy (non-hydrogen) atoms. The van der Waals surface area contributed by atoms with Gasteiger partial charge in [-0.1, -0.05) is 0 Å². The minimum Gasteiger partial charge on any atom is -0.480 e. The van der Waals surface area contributed by atoms with E-state index < -0.39 is 61.5 Å². The molecule has 120 valence electrons. The van der Waals surface area contributed by atoms with E-state index in [0.717, 1.165) is 0 Å². The minimum atomic E-state index is -1.60. The van der Waals surface area contributed by atoms with Gasteiger partial charge in [0.15, 0.2) is 0 Å². The summed E-state index contributed by atoms with van der Waals surface area (Å²) >= 11 is 0. The second-order valence-electron chi connectivity index (χ2n) is 4.10. The van der Waals surface area contributed by atoms with Crippen LogP contribution in [0.2, 0.25) is 0 Å². The van der Waals surface area contributed by atoms with Crippen molar-refractivity contribution in [1.29, 1.82) is 0 Å². The molecule has 9 N–H and O–H groups in total. The first-order valence-corrected chi connectivity index (χ1v) is 5.82. The lowest BCUT2D eigenvalue weighted by Gasteiger charge is -2.20. The third kappa shape index (κ3) is 6.65. The molecule has 3 unspecified atom stereocenters. The van der Waals surface area contributed by atoms with E-state index in [1.165, 1.54) is 0 Å². The molecule has 0 rings (SSSR count). The third-order valence-corrected chi connectivity index (χ3v) is 2.37. The van der Waals surface area contributed by atoms with Crippen molar-refractivity contribution in [3.8, 4) is 0 Å². The Morgan fingerprint density at radius 1 is 0.952 bits per heavy atom.